The fraction of sp³-hybridized carbons (Fsp3) is 0.100. The molecule has 1 atom stereocenters. The van der Waals surface area contributed by atoms with E-state index < -0.39 is 13.1 Å². The zero-order valence-corrected chi connectivity index (χ0v) is 14.4. The van der Waals surface area contributed by atoms with E-state index in [0.717, 1.165) is 22.5 Å². The number of rotatable bonds is 4. The molecule has 3 N–H and O–H groups in total. The number of aromatic carboxylic acids is 1. The second-order valence-corrected chi connectivity index (χ2v) is 6.35. The average molecular weight is 360 g/mol. The Hall–Kier alpha value is -3.32. The highest BCUT2D eigenvalue weighted by molar-refractivity contribution is 6.47. The van der Waals surface area contributed by atoms with Gasteiger partial charge in [0, 0.05) is 17.4 Å². The molecule has 0 saturated carbocycles. The molecule has 0 fully saturated rings. The van der Waals surface area contributed by atoms with Gasteiger partial charge in [-0.15, -0.1) is 0 Å². The van der Waals surface area contributed by atoms with Crippen molar-refractivity contribution in [2.75, 3.05) is 5.32 Å². The average Bonchev–Trinajstić information content (AvgIpc) is 2.69. The molecule has 0 bridgehead atoms. The monoisotopic (exact) mass is 360 g/mol. The summed E-state index contributed by atoms with van der Waals surface area (Å²) < 4.78 is 5.50. The van der Waals surface area contributed by atoms with Crippen LogP contribution in [0.2, 0.25) is 0 Å². The van der Waals surface area contributed by atoms with Gasteiger partial charge in [0.2, 0.25) is 0 Å². The minimum absolute atomic E-state index is 0.0599. The first-order valence-corrected chi connectivity index (χ1v) is 8.60. The van der Waals surface area contributed by atoms with E-state index in [0.29, 0.717) is 6.42 Å². The third kappa shape index (κ3) is 3.50. The number of carboxylic acid groups (broad SMARTS) is 1. The number of carbonyl (C=O) groups is 1. The van der Waals surface area contributed by atoms with E-state index >= 15 is 0 Å². The van der Waals surface area contributed by atoms with Gasteiger partial charge in [0.05, 0.1) is 17.2 Å². The summed E-state index contributed by atoms with van der Waals surface area (Å²) in [7, 11) is -1.14. The van der Waals surface area contributed by atoms with Crippen molar-refractivity contribution in [3.63, 3.8) is 0 Å². The molecule has 0 unspecified atom stereocenters. The molecule has 1 aromatic heterocycles. The number of anilines is 1. The maximum Gasteiger partial charge on any atom is 0.546 e. The molecule has 3 aromatic rings. The fourth-order valence-corrected chi connectivity index (χ4v) is 3.20. The molecular weight excluding hydrogens is 343 g/mol. The third-order valence-electron chi connectivity index (χ3n) is 4.55. The Labute approximate surface area is 156 Å². The topological polar surface area (TPSA) is 91.7 Å². The molecule has 0 radical (unpaired) electrons. The van der Waals surface area contributed by atoms with Crippen molar-refractivity contribution in [3.05, 3.63) is 78.0 Å². The lowest BCUT2D eigenvalue weighted by molar-refractivity contribution is 0.0694. The molecule has 2 heterocycles. The summed E-state index contributed by atoms with van der Waals surface area (Å²) in [5.41, 5.74) is 3.53. The number of hydrogen-bond donors (Lipinski definition) is 3. The molecule has 0 amide bonds. The molecule has 4 rings (SSSR count). The van der Waals surface area contributed by atoms with Gasteiger partial charge in [-0.1, -0.05) is 30.3 Å². The number of aromatic nitrogens is 1. The van der Waals surface area contributed by atoms with Gasteiger partial charge in [-0.25, -0.2) is 4.79 Å². The van der Waals surface area contributed by atoms with Crippen LogP contribution in [0.1, 0.15) is 15.9 Å². The van der Waals surface area contributed by atoms with Crippen LogP contribution in [0.5, 0.6) is 5.75 Å². The molecule has 2 aromatic carbocycles. The van der Waals surface area contributed by atoms with Gasteiger partial charge in [-0.2, -0.15) is 0 Å². The summed E-state index contributed by atoms with van der Waals surface area (Å²) in [4.78, 5) is 15.6. The fourth-order valence-electron chi connectivity index (χ4n) is 3.20. The van der Waals surface area contributed by atoms with E-state index in [1.54, 1.807) is 12.3 Å². The molecule has 0 aliphatic carbocycles. The highest BCUT2D eigenvalue weighted by atomic mass is 16.5. The van der Waals surface area contributed by atoms with Gasteiger partial charge in [0.25, 0.3) is 0 Å². The first-order chi connectivity index (χ1) is 13.1. The molecule has 6 nitrogen and oxygen atoms in total. The van der Waals surface area contributed by atoms with Crippen molar-refractivity contribution < 1.29 is 19.6 Å². The minimum atomic E-state index is -1.14. The molecule has 1 aliphatic rings. The van der Waals surface area contributed by atoms with E-state index in [4.69, 9.17) is 4.65 Å². The van der Waals surface area contributed by atoms with Crippen LogP contribution in [0.3, 0.4) is 0 Å². The van der Waals surface area contributed by atoms with Crippen LogP contribution in [0.15, 0.2) is 66.9 Å². The Morgan fingerprint density at radius 3 is 2.63 bits per heavy atom. The zero-order chi connectivity index (χ0) is 18.8. The molecule has 0 saturated heterocycles. The number of hydrogen-bond acceptors (Lipinski definition) is 5. The largest absolute Gasteiger partial charge is 0.546 e. The Balaban J connectivity index is 1.52. The summed E-state index contributed by atoms with van der Waals surface area (Å²) >= 11 is 0. The summed E-state index contributed by atoms with van der Waals surface area (Å²) in [6.45, 7) is 0. The second kappa shape index (κ2) is 7.13. The SMILES string of the molecule is O=C(O)c1cccc2c1OB(O)[C@@H](Nc1ccc(-c3ccccn3)cc1)C2. The predicted molar refractivity (Wildman–Crippen MR) is 103 cm³/mol. The van der Waals surface area contributed by atoms with Crippen LogP contribution in [-0.2, 0) is 6.42 Å². The van der Waals surface area contributed by atoms with Crippen LogP contribution in [0.4, 0.5) is 5.69 Å². The standard InChI is InChI=1S/C20H17BN2O4/c24-20(25)16-5-3-4-14-12-18(21(26)27-19(14)16)23-15-9-7-13(8-10-15)17-6-1-2-11-22-17/h1-11,18,23,26H,12H2,(H,24,25)/t18-/m0/s1. The normalized spacial score (nSPS) is 15.6. The van der Waals surface area contributed by atoms with E-state index in [9.17, 15) is 14.9 Å². The van der Waals surface area contributed by atoms with E-state index in [1.165, 1.54) is 6.07 Å². The highest BCUT2D eigenvalue weighted by Crippen LogP contribution is 2.31. The van der Waals surface area contributed by atoms with Gasteiger partial charge in [-0.3, -0.25) is 4.98 Å². The number of nitrogens with one attached hydrogen (secondary N) is 1. The van der Waals surface area contributed by atoms with Gasteiger partial charge < -0.3 is 20.1 Å². The smallest absolute Gasteiger partial charge is 0.534 e. The van der Waals surface area contributed by atoms with Crippen LogP contribution in [-0.4, -0.2) is 34.1 Å². The Morgan fingerprint density at radius 2 is 1.93 bits per heavy atom. The predicted octanol–water partition coefficient (Wildman–Crippen LogP) is 2.88. The van der Waals surface area contributed by atoms with Crippen LogP contribution < -0.4 is 9.97 Å². The van der Waals surface area contributed by atoms with Crippen molar-refractivity contribution in [2.24, 2.45) is 0 Å². The van der Waals surface area contributed by atoms with Crippen LogP contribution in [0, 0.1) is 0 Å². The molecule has 1 aliphatic heterocycles. The van der Waals surface area contributed by atoms with Crippen molar-refractivity contribution in [2.45, 2.75) is 12.4 Å². The summed E-state index contributed by atoms with van der Waals surface area (Å²) in [5, 5.41) is 22.9. The minimum Gasteiger partial charge on any atom is -0.534 e. The Bertz CT molecular complexity index is 963. The number of nitrogens with zero attached hydrogens (tertiary/aromatic N) is 1. The van der Waals surface area contributed by atoms with E-state index in [2.05, 4.69) is 10.3 Å². The number of carboxylic acids is 1. The molecular formula is C20H17BN2O4. The maximum absolute atomic E-state index is 11.3. The van der Waals surface area contributed by atoms with Crippen molar-refractivity contribution in [1.29, 1.82) is 0 Å². The number of para-hydroxylation sites is 1. The lowest BCUT2D eigenvalue weighted by atomic mass is 9.72. The molecule has 7 heteroatoms. The molecule has 27 heavy (non-hydrogen) atoms. The van der Waals surface area contributed by atoms with Gasteiger partial charge in [0.15, 0.2) is 0 Å². The summed E-state index contributed by atoms with van der Waals surface area (Å²) in [5.74, 6) is -1.22. The van der Waals surface area contributed by atoms with E-state index in [1.807, 2.05) is 48.5 Å². The quantitative estimate of drug-likeness (QED) is 0.620. The Kier molecular flexibility index (Phi) is 4.52. The summed E-state index contributed by atoms with van der Waals surface area (Å²) in [6.07, 6.45) is 2.21. The summed E-state index contributed by atoms with van der Waals surface area (Å²) in [6, 6.07) is 18.5. The van der Waals surface area contributed by atoms with Gasteiger partial charge >= 0.3 is 13.1 Å². The van der Waals surface area contributed by atoms with Gasteiger partial charge in [0.1, 0.15) is 5.75 Å². The zero-order valence-electron chi connectivity index (χ0n) is 14.4. The highest BCUT2D eigenvalue weighted by Gasteiger charge is 2.36. The van der Waals surface area contributed by atoms with Crippen LogP contribution >= 0.6 is 0 Å². The third-order valence-corrected chi connectivity index (χ3v) is 4.55. The van der Waals surface area contributed by atoms with E-state index in [-0.39, 0.29) is 17.3 Å². The maximum atomic E-state index is 11.3. The molecule has 0 spiro atoms. The Morgan fingerprint density at radius 1 is 1.11 bits per heavy atom. The first-order valence-electron chi connectivity index (χ1n) is 8.60. The van der Waals surface area contributed by atoms with Crippen LogP contribution in [0.25, 0.3) is 11.3 Å². The number of fused-ring (bicyclic) bond motifs is 1. The number of pyridine rings is 1. The molecule has 134 valence electrons. The first kappa shape index (κ1) is 17.1. The van der Waals surface area contributed by atoms with Crippen molar-refractivity contribution in [3.8, 4) is 17.0 Å². The second-order valence-electron chi connectivity index (χ2n) is 6.35. The number of benzene rings is 2. The lowest BCUT2D eigenvalue weighted by Crippen LogP contribution is -2.47. The van der Waals surface area contributed by atoms with Gasteiger partial charge in [-0.05, 0) is 42.3 Å². The van der Waals surface area contributed by atoms with Crippen molar-refractivity contribution in [1.82, 2.24) is 4.98 Å². The van der Waals surface area contributed by atoms with Crippen molar-refractivity contribution >= 4 is 18.8 Å². The lowest BCUT2D eigenvalue weighted by Gasteiger charge is -2.29.